The van der Waals surface area contributed by atoms with E-state index in [1.807, 2.05) is 0 Å². The van der Waals surface area contributed by atoms with Crippen molar-refractivity contribution in [2.24, 2.45) is 5.92 Å². The third kappa shape index (κ3) is 3.96. The maximum atomic E-state index is 12.6. The van der Waals surface area contributed by atoms with Gasteiger partial charge in [-0.1, -0.05) is 15.9 Å². The quantitative estimate of drug-likeness (QED) is 0.683. The highest BCUT2D eigenvalue weighted by Gasteiger charge is 2.38. The van der Waals surface area contributed by atoms with Gasteiger partial charge in [-0.3, -0.25) is 0 Å². The van der Waals surface area contributed by atoms with Crippen LogP contribution in [-0.2, 0) is 19.9 Å². The zero-order chi connectivity index (χ0) is 14.8. The molecule has 20 heavy (non-hydrogen) atoms. The summed E-state index contributed by atoms with van der Waals surface area (Å²) in [5, 5.41) is 0.390. The van der Waals surface area contributed by atoms with Crippen LogP contribution in [0.1, 0.15) is 32.1 Å². The minimum absolute atomic E-state index is 0.00949. The Morgan fingerprint density at radius 2 is 1.80 bits per heavy atom. The first-order valence-electron chi connectivity index (χ1n) is 7.10. The van der Waals surface area contributed by atoms with Gasteiger partial charge in [0, 0.05) is 18.4 Å². The molecule has 5 nitrogen and oxygen atoms in total. The van der Waals surface area contributed by atoms with Gasteiger partial charge < -0.3 is 0 Å². The van der Waals surface area contributed by atoms with Crippen LogP contribution in [-0.4, -0.2) is 56.3 Å². The second kappa shape index (κ2) is 6.62. The Hall–Kier alpha value is 0.340. The Kier molecular flexibility index (Phi) is 5.53. The fourth-order valence-electron chi connectivity index (χ4n) is 3.03. The third-order valence-corrected chi connectivity index (χ3v) is 8.82. The van der Waals surface area contributed by atoms with Crippen LogP contribution < -0.4 is 0 Å². The van der Waals surface area contributed by atoms with E-state index in [4.69, 9.17) is 0 Å². The third-order valence-electron chi connectivity index (χ3n) is 4.28. The Labute approximate surface area is 130 Å². The molecule has 1 atom stereocenters. The lowest BCUT2D eigenvalue weighted by molar-refractivity contribution is 0.260. The Bertz CT molecular complexity index is 516. The van der Waals surface area contributed by atoms with Crippen molar-refractivity contribution in [3.8, 4) is 0 Å². The fraction of sp³-hybridized carbons (Fsp3) is 1.00. The van der Waals surface area contributed by atoms with Gasteiger partial charge in [-0.2, -0.15) is 0 Å². The molecule has 0 saturated carbocycles. The van der Waals surface area contributed by atoms with Gasteiger partial charge in [-0.05, 0) is 38.0 Å². The number of hydrogen-bond donors (Lipinski definition) is 0. The summed E-state index contributed by atoms with van der Waals surface area (Å²) in [5.74, 6) is 0.440. The predicted molar refractivity (Wildman–Crippen MR) is 83.3 cm³/mol. The van der Waals surface area contributed by atoms with Gasteiger partial charge in [0.25, 0.3) is 0 Å². The lowest BCUT2D eigenvalue weighted by atomic mass is 9.97. The first-order chi connectivity index (χ1) is 9.35. The number of halogens is 1. The first kappa shape index (κ1) is 16.7. The molecule has 0 radical (unpaired) electrons. The zero-order valence-corrected chi connectivity index (χ0v) is 14.7. The number of hydrogen-bond acceptors (Lipinski definition) is 4. The largest absolute Gasteiger partial charge is 0.229 e. The summed E-state index contributed by atoms with van der Waals surface area (Å²) in [6.07, 6.45) is 3.48. The molecule has 0 bridgehead atoms. The van der Waals surface area contributed by atoms with Gasteiger partial charge in [-0.25, -0.2) is 21.1 Å². The van der Waals surface area contributed by atoms with E-state index in [-0.39, 0.29) is 24.3 Å². The van der Waals surface area contributed by atoms with Crippen LogP contribution in [0.15, 0.2) is 0 Å². The van der Waals surface area contributed by atoms with E-state index in [9.17, 15) is 16.8 Å². The summed E-state index contributed by atoms with van der Waals surface area (Å²) in [6.45, 7) is 1.18. The van der Waals surface area contributed by atoms with Crippen molar-refractivity contribution in [2.75, 3.05) is 29.9 Å². The van der Waals surface area contributed by atoms with Crippen molar-refractivity contribution in [3.05, 3.63) is 0 Å². The molecule has 2 heterocycles. The first-order valence-corrected chi connectivity index (χ1v) is 11.5. The molecule has 0 aromatic heterocycles. The van der Waals surface area contributed by atoms with Crippen LogP contribution in [0, 0.1) is 5.92 Å². The zero-order valence-electron chi connectivity index (χ0n) is 11.5. The van der Waals surface area contributed by atoms with E-state index >= 15 is 0 Å². The molecule has 8 heteroatoms. The molecule has 0 aromatic rings. The summed E-state index contributed by atoms with van der Waals surface area (Å²) in [5.41, 5.74) is 0. The van der Waals surface area contributed by atoms with Crippen LogP contribution in [0.3, 0.4) is 0 Å². The second-order valence-corrected chi connectivity index (χ2v) is 11.0. The standard InChI is InChI=1S/C12H22BrNO4S2/c13-6-3-11-2-1-7-14(10-11)20(17,18)12-4-8-19(15,16)9-5-12/h11-12H,1-10H2. The monoisotopic (exact) mass is 387 g/mol. The molecule has 0 aliphatic carbocycles. The van der Waals surface area contributed by atoms with Crippen molar-refractivity contribution in [1.82, 2.24) is 4.31 Å². The summed E-state index contributed by atoms with van der Waals surface area (Å²) in [4.78, 5) is 0. The highest BCUT2D eigenvalue weighted by Crippen LogP contribution is 2.28. The fourth-order valence-corrected chi connectivity index (χ4v) is 7.52. The molecule has 2 aliphatic rings. The number of piperidine rings is 1. The van der Waals surface area contributed by atoms with Crippen molar-refractivity contribution in [2.45, 2.75) is 37.4 Å². The smallest absolute Gasteiger partial charge is 0.217 e. The Morgan fingerprint density at radius 1 is 1.15 bits per heavy atom. The van der Waals surface area contributed by atoms with Gasteiger partial charge >= 0.3 is 0 Å². The van der Waals surface area contributed by atoms with Gasteiger partial charge in [0.15, 0.2) is 0 Å². The second-order valence-electron chi connectivity index (χ2n) is 5.74. The lowest BCUT2D eigenvalue weighted by Crippen LogP contribution is -2.46. The van der Waals surface area contributed by atoms with Crippen molar-refractivity contribution in [1.29, 1.82) is 0 Å². The predicted octanol–water partition coefficient (Wildman–Crippen LogP) is 1.39. The average Bonchev–Trinajstić information content (AvgIpc) is 2.39. The topological polar surface area (TPSA) is 71.5 Å². The maximum absolute atomic E-state index is 12.6. The van der Waals surface area contributed by atoms with E-state index < -0.39 is 25.1 Å². The van der Waals surface area contributed by atoms with E-state index in [1.165, 1.54) is 0 Å². The van der Waals surface area contributed by atoms with Gasteiger partial charge in [0.2, 0.25) is 10.0 Å². The van der Waals surface area contributed by atoms with Crippen LogP contribution in [0.2, 0.25) is 0 Å². The van der Waals surface area contributed by atoms with E-state index in [2.05, 4.69) is 15.9 Å². The number of alkyl halides is 1. The highest BCUT2D eigenvalue weighted by molar-refractivity contribution is 9.09. The molecule has 0 N–H and O–H groups in total. The SMILES string of the molecule is O=S1(=O)CCC(S(=O)(=O)N2CCCC(CCBr)C2)CC1. The van der Waals surface area contributed by atoms with Crippen molar-refractivity contribution >= 4 is 35.8 Å². The highest BCUT2D eigenvalue weighted by atomic mass is 79.9. The number of sulfone groups is 1. The molecule has 2 saturated heterocycles. The molecular weight excluding hydrogens is 366 g/mol. The maximum Gasteiger partial charge on any atom is 0.217 e. The summed E-state index contributed by atoms with van der Waals surface area (Å²) in [7, 11) is -6.35. The number of rotatable bonds is 4. The molecule has 0 spiro atoms. The van der Waals surface area contributed by atoms with Crippen molar-refractivity contribution < 1.29 is 16.8 Å². The van der Waals surface area contributed by atoms with E-state index in [0.717, 1.165) is 24.6 Å². The van der Waals surface area contributed by atoms with Crippen LogP contribution >= 0.6 is 15.9 Å². The van der Waals surface area contributed by atoms with Crippen LogP contribution in [0.5, 0.6) is 0 Å². The minimum Gasteiger partial charge on any atom is -0.229 e. The van der Waals surface area contributed by atoms with E-state index in [1.54, 1.807) is 4.31 Å². The van der Waals surface area contributed by atoms with Gasteiger partial charge in [0.05, 0.1) is 16.8 Å². The summed E-state index contributed by atoms with van der Waals surface area (Å²) in [6, 6.07) is 0. The lowest BCUT2D eigenvalue weighted by Gasteiger charge is -2.35. The molecule has 1 unspecified atom stereocenters. The normalized spacial score (nSPS) is 29.4. The summed E-state index contributed by atoms with van der Waals surface area (Å²) >= 11 is 3.41. The van der Waals surface area contributed by atoms with Crippen LogP contribution in [0.4, 0.5) is 0 Å². The Balaban J connectivity index is 2.03. The van der Waals surface area contributed by atoms with E-state index in [0.29, 0.717) is 19.0 Å². The minimum atomic E-state index is -3.33. The molecule has 2 aliphatic heterocycles. The Morgan fingerprint density at radius 3 is 2.40 bits per heavy atom. The number of nitrogens with zero attached hydrogens (tertiary/aromatic N) is 1. The van der Waals surface area contributed by atoms with Gasteiger partial charge in [0.1, 0.15) is 9.84 Å². The number of sulfonamides is 1. The molecule has 0 amide bonds. The molecule has 118 valence electrons. The molecule has 2 fully saturated rings. The average molecular weight is 388 g/mol. The van der Waals surface area contributed by atoms with Crippen molar-refractivity contribution in [3.63, 3.8) is 0 Å². The van der Waals surface area contributed by atoms with Gasteiger partial charge in [-0.15, -0.1) is 0 Å². The molecule has 2 rings (SSSR count). The van der Waals surface area contributed by atoms with Crippen LogP contribution in [0.25, 0.3) is 0 Å². The molecule has 0 aromatic carbocycles. The summed E-state index contributed by atoms with van der Waals surface area (Å²) < 4.78 is 49.7. The molecular formula is C12H22BrNO4S2.